The molecule has 0 aromatic carbocycles. The Hall–Kier alpha value is -2.21. The van der Waals surface area contributed by atoms with Gasteiger partial charge in [0.15, 0.2) is 11.5 Å². The van der Waals surface area contributed by atoms with E-state index >= 15 is 0 Å². The lowest BCUT2D eigenvalue weighted by atomic mass is 9.95. The van der Waals surface area contributed by atoms with Crippen LogP contribution in [0.2, 0.25) is 0 Å². The van der Waals surface area contributed by atoms with Crippen LogP contribution < -0.4 is 4.90 Å². The van der Waals surface area contributed by atoms with Crippen LogP contribution in [0.5, 0.6) is 0 Å². The normalized spacial score (nSPS) is 18.6. The molecule has 0 radical (unpaired) electrons. The van der Waals surface area contributed by atoms with E-state index in [1.54, 1.807) is 6.07 Å². The van der Waals surface area contributed by atoms with Crippen LogP contribution in [-0.4, -0.2) is 50.0 Å². The third-order valence-electron chi connectivity index (χ3n) is 3.44. The number of anilines is 1. The highest BCUT2D eigenvalue weighted by Gasteiger charge is 2.28. The molecule has 6 nitrogen and oxygen atoms in total. The lowest BCUT2D eigenvalue weighted by molar-refractivity contribution is 0.0916. The molecule has 1 aliphatic carbocycles. The molecule has 1 aromatic heterocycles. The number of rotatable bonds is 2. The Kier molecular flexibility index (Phi) is 3.23. The molecule has 0 amide bonds. The summed E-state index contributed by atoms with van der Waals surface area (Å²) in [4.78, 5) is 30.4. The van der Waals surface area contributed by atoms with Gasteiger partial charge >= 0.3 is 0 Å². The van der Waals surface area contributed by atoms with Gasteiger partial charge in [-0.15, -0.1) is 0 Å². The molecule has 0 atom stereocenters. The van der Waals surface area contributed by atoms with Crippen LogP contribution >= 0.6 is 0 Å². The first kappa shape index (κ1) is 12.8. The standard InChI is InChI=1S/C14H14N2O4/c1-19-12-7-11(17)9-6-13(15-8-10(9)14(12)18)16-2-4-20-5-3-16/h6-8H,2-5H2,1H3. The highest BCUT2D eigenvalue weighted by Crippen LogP contribution is 2.24. The van der Waals surface area contributed by atoms with Crippen molar-refractivity contribution < 1.29 is 19.1 Å². The number of aromatic nitrogens is 1. The summed E-state index contributed by atoms with van der Waals surface area (Å²) in [5.74, 6) is 0.224. The zero-order chi connectivity index (χ0) is 14.1. The zero-order valence-corrected chi connectivity index (χ0v) is 11.1. The Morgan fingerprint density at radius 1 is 1.25 bits per heavy atom. The number of carbonyl (C=O) groups is 2. The zero-order valence-electron chi connectivity index (χ0n) is 11.1. The first-order valence-corrected chi connectivity index (χ1v) is 6.38. The monoisotopic (exact) mass is 274 g/mol. The van der Waals surface area contributed by atoms with Gasteiger partial charge in [0, 0.05) is 30.9 Å². The van der Waals surface area contributed by atoms with Crippen molar-refractivity contribution in [3.8, 4) is 0 Å². The second-order valence-electron chi connectivity index (χ2n) is 4.59. The molecule has 1 aromatic rings. The number of nitrogens with zero attached hydrogens (tertiary/aromatic N) is 2. The lowest BCUT2D eigenvalue weighted by Gasteiger charge is -2.28. The maximum Gasteiger partial charge on any atom is 0.229 e. The van der Waals surface area contributed by atoms with Gasteiger partial charge in [-0.25, -0.2) is 4.98 Å². The van der Waals surface area contributed by atoms with Gasteiger partial charge in [-0.2, -0.15) is 0 Å². The number of fused-ring (bicyclic) bond motifs is 1. The summed E-state index contributed by atoms with van der Waals surface area (Å²) in [6.45, 7) is 2.74. The van der Waals surface area contributed by atoms with Crippen LogP contribution in [-0.2, 0) is 9.47 Å². The predicted octanol–water partition coefficient (Wildman–Crippen LogP) is 0.828. The minimum absolute atomic E-state index is 0.0587. The molecule has 0 spiro atoms. The Bertz CT molecular complexity index is 603. The SMILES string of the molecule is COC1=CC(=O)c2cc(N3CCOCC3)ncc2C1=O. The van der Waals surface area contributed by atoms with E-state index in [-0.39, 0.29) is 17.3 Å². The predicted molar refractivity (Wildman–Crippen MR) is 71.0 cm³/mol. The van der Waals surface area contributed by atoms with Crippen LogP contribution in [0.15, 0.2) is 24.1 Å². The minimum Gasteiger partial charge on any atom is -0.492 e. The van der Waals surface area contributed by atoms with Gasteiger partial charge in [-0.1, -0.05) is 0 Å². The van der Waals surface area contributed by atoms with Crippen molar-refractivity contribution in [2.45, 2.75) is 0 Å². The summed E-state index contributed by atoms with van der Waals surface area (Å²) in [5, 5.41) is 0. The highest BCUT2D eigenvalue weighted by molar-refractivity contribution is 6.23. The summed E-state index contributed by atoms with van der Waals surface area (Å²) < 4.78 is 10.2. The molecule has 0 saturated carbocycles. The van der Waals surface area contributed by atoms with Crippen molar-refractivity contribution >= 4 is 17.4 Å². The van der Waals surface area contributed by atoms with E-state index in [1.165, 1.54) is 19.4 Å². The van der Waals surface area contributed by atoms with Crippen molar-refractivity contribution in [1.82, 2.24) is 4.98 Å². The van der Waals surface area contributed by atoms with Gasteiger partial charge in [0.25, 0.3) is 0 Å². The van der Waals surface area contributed by atoms with Crippen LogP contribution in [0.3, 0.4) is 0 Å². The van der Waals surface area contributed by atoms with Gasteiger partial charge in [-0.05, 0) is 6.07 Å². The van der Waals surface area contributed by atoms with E-state index in [2.05, 4.69) is 4.98 Å². The molecule has 104 valence electrons. The van der Waals surface area contributed by atoms with Crippen molar-refractivity contribution in [2.24, 2.45) is 0 Å². The van der Waals surface area contributed by atoms with Crippen molar-refractivity contribution in [1.29, 1.82) is 0 Å². The van der Waals surface area contributed by atoms with E-state index in [0.29, 0.717) is 30.2 Å². The fraction of sp³-hybridized carbons (Fsp3) is 0.357. The molecule has 1 saturated heterocycles. The average Bonchev–Trinajstić information content (AvgIpc) is 2.51. The Morgan fingerprint density at radius 3 is 2.70 bits per heavy atom. The third-order valence-corrected chi connectivity index (χ3v) is 3.44. The maximum absolute atomic E-state index is 12.1. The van der Waals surface area contributed by atoms with Crippen LogP contribution in [0.4, 0.5) is 5.82 Å². The number of ether oxygens (including phenoxy) is 2. The number of methoxy groups -OCH3 is 1. The van der Waals surface area contributed by atoms with E-state index in [1.807, 2.05) is 4.90 Å². The molecule has 2 heterocycles. The van der Waals surface area contributed by atoms with Crippen LogP contribution in [0.1, 0.15) is 20.7 Å². The number of morpholine rings is 1. The molecule has 0 unspecified atom stereocenters. The van der Waals surface area contributed by atoms with Crippen LogP contribution in [0.25, 0.3) is 0 Å². The van der Waals surface area contributed by atoms with Gasteiger partial charge in [0.1, 0.15) is 5.82 Å². The molecule has 0 N–H and O–H groups in total. The fourth-order valence-corrected chi connectivity index (χ4v) is 2.34. The van der Waals surface area contributed by atoms with E-state index in [4.69, 9.17) is 9.47 Å². The van der Waals surface area contributed by atoms with E-state index < -0.39 is 0 Å². The number of ketones is 2. The van der Waals surface area contributed by atoms with Crippen molar-refractivity contribution in [3.63, 3.8) is 0 Å². The maximum atomic E-state index is 12.1. The van der Waals surface area contributed by atoms with E-state index in [9.17, 15) is 9.59 Å². The molecule has 2 aliphatic rings. The van der Waals surface area contributed by atoms with Crippen molar-refractivity contribution in [2.75, 3.05) is 38.3 Å². The Labute approximate surface area is 116 Å². The summed E-state index contributed by atoms with van der Waals surface area (Å²) in [7, 11) is 1.37. The molecular weight excluding hydrogens is 260 g/mol. The van der Waals surface area contributed by atoms with Gasteiger partial charge in [0.2, 0.25) is 5.78 Å². The van der Waals surface area contributed by atoms with Crippen molar-refractivity contribution in [3.05, 3.63) is 35.2 Å². The van der Waals surface area contributed by atoms with Gasteiger partial charge < -0.3 is 14.4 Å². The highest BCUT2D eigenvalue weighted by atomic mass is 16.5. The van der Waals surface area contributed by atoms with Crippen LogP contribution in [0, 0.1) is 0 Å². The number of Topliss-reactive ketones (excluding diaryl/α,β-unsaturated/α-hetero) is 1. The number of hydrogen-bond acceptors (Lipinski definition) is 6. The summed E-state index contributed by atoms with van der Waals surface area (Å²) in [6, 6.07) is 1.67. The lowest BCUT2D eigenvalue weighted by Crippen LogP contribution is -2.37. The summed E-state index contributed by atoms with van der Waals surface area (Å²) in [6.07, 6.45) is 2.68. The Balaban J connectivity index is 1.97. The Morgan fingerprint density at radius 2 is 2.00 bits per heavy atom. The molecule has 20 heavy (non-hydrogen) atoms. The minimum atomic E-state index is -0.303. The van der Waals surface area contributed by atoms with Gasteiger partial charge in [0.05, 0.1) is 25.9 Å². The summed E-state index contributed by atoms with van der Waals surface area (Å²) in [5.41, 5.74) is 0.679. The van der Waals surface area contributed by atoms with Gasteiger partial charge in [-0.3, -0.25) is 9.59 Å². The molecule has 6 heteroatoms. The van der Waals surface area contributed by atoms with E-state index in [0.717, 1.165) is 13.1 Å². The number of carbonyl (C=O) groups excluding carboxylic acids is 2. The molecule has 0 bridgehead atoms. The quantitative estimate of drug-likeness (QED) is 0.795. The topological polar surface area (TPSA) is 68.7 Å². The molecular formula is C14H14N2O4. The smallest absolute Gasteiger partial charge is 0.229 e. The first-order valence-electron chi connectivity index (χ1n) is 6.38. The second-order valence-corrected chi connectivity index (χ2v) is 4.59. The second kappa shape index (κ2) is 5.05. The largest absolute Gasteiger partial charge is 0.492 e. The molecule has 1 aliphatic heterocycles. The first-order chi connectivity index (χ1) is 9.70. The number of hydrogen-bond donors (Lipinski definition) is 0. The molecule has 1 fully saturated rings. The third kappa shape index (κ3) is 2.08. The number of allylic oxidation sites excluding steroid dienone is 2. The molecule has 3 rings (SSSR count). The number of pyridine rings is 1. The summed E-state index contributed by atoms with van der Waals surface area (Å²) >= 11 is 0. The average molecular weight is 274 g/mol. The fourth-order valence-electron chi connectivity index (χ4n) is 2.34.